The van der Waals surface area contributed by atoms with Gasteiger partial charge in [0.15, 0.2) is 0 Å². The van der Waals surface area contributed by atoms with Crippen molar-refractivity contribution < 1.29 is 8.42 Å². The lowest BCUT2D eigenvalue weighted by atomic mass is 9.91. The minimum atomic E-state index is -3.43. The average molecular weight is 333 g/mol. The lowest BCUT2D eigenvalue weighted by molar-refractivity contribution is 0.169. The monoisotopic (exact) mass is 332 g/mol. The van der Waals surface area contributed by atoms with Crippen molar-refractivity contribution in [2.24, 2.45) is 5.73 Å². The summed E-state index contributed by atoms with van der Waals surface area (Å²) in [6.07, 6.45) is 10.9. The summed E-state index contributed by atoms with van der Waals surface area (Å²) in [5.41, 5.74) is 5.64. The largest absolute Gasteiger partial charge is 0.392 e. The van der Waals surface area contributed by atoms with Crippen LogP contribution in [-0.4, -0.2) is 35.0 Å². The molecule has 0 spiro atoms. The van der Waals surface area contributed by atoms with E-state index in [-0.39, 0.29) is 17.1 Å². The maximum atomic E-state index is 13.0. The fraction of sp³-hybridized carbons (Fsp3) is 0.933. The van der Waals surface area contributed by atoms with Gasteiger partial charge >= 0.3 is 0 Å². The summed E-state index contributed by atoms with van der Waals surface area (Å²) in [5, 5.41) is -0.753. The second kappa shape index (κ2) is 7.38. The van der Waals surface area contributed by atoms with Crippen LogP contribution >= 0.6 is 12.2 Å². The molecule has 0 saturated heterocycles. The van der Waals surface area contributed by atoms with Gasteiger partial charge in [-0.05, 0) is 32.6 Å². The van der Waals surface area contributed by atoms with E-state index in [9.17, 15) is 8.42 Å². The summed E-state index contributed by atoms with van der Waals surface area (Å²) in [4.78, 5) is 0.0895. The van der Waals surface area contributed by atoms with Crippen molar-refractivity contribution in [3.8, 4) is 0 Å². The van der Waals surface area contributed by atoms with E-state index in [2.05, 4.69) is 0 Å². The molecule has 2 N–H and O–H groups in total. The van der Waals surface area contributed by atoms with Gasteiger partial charge in [0.1, 0.15) is 5.25 Å². The van der Waals surface area contributed by atoms with Crippen LogP contribution in [-0.2, 0) is 10.0 Å². The van der Waals surface area contributed by atoms with Crippen molar-refractivity contribution in [3.63, 3.8) is 0 Å². The number of nitrogens with two attached hydrogens (primary N) is 1. The highest BCUT2D eigenvalue weighted by molar-refractivity contribution is 7.92. The van der Waals surface area contributed by atoms with E-state index in [1.54, 1.807) is 6.92 Å². The average Bonchev–Trinajstić information content (AvgIpc) is 2.48. The lowest BCUT2D eigenvalue weighted by Crippen LogP contribution is -2.53. The van der Waals surface area contributed by atoms with E-state index in [1.807, 2.05) is 4.31 Å². The Kier molecular flexibility index (Phi) is 6.03. The third-order valence-electron chi connectivity index (χ3n) is 5.01. The molecule has 122 valence electrons. The number of nitrogens with zero attached hydrogens (tertiary/aromatic N) is 1. The zero-order chi connectivity index (χ0) is 15.5. The molecule has 1 unspecified atom stereocenters. The molecule has 2 aliphatic carbocycles. The van der Waals surface area contributed by atoms with Gasteiger partial charge in [-0.1, -0.05) is 50.7 Å². The minimum Gasteiger partial charge on any atom is -0.392 e. The Morgan fingerprint density at radius 1 is 1.00 bits per heavy atom. The van der Waals surface area contributed by atoms with Gasteiger partial charge in [-0.2, -0.15) is 4.31 Å². The molecule has 6 heteroatoms. The van der Waals surface area contributed by atoms with Crippen molar-refractivity contribution in [2.75, 3.05) is 0 Å². The molecule has 2 aliphatic rings. The van der Waals surface area contributed by atoms with Crippen LogP contribution in [0, 0.1) is 0 Å². The molecule has 0 aromatic heterocycles. The van der Waals surface area contributed by atoms with E-state index >= 15 is 0 Å². The molecular formula is C15H28N2O2S2. The smallest absolute Gasteiger partial charge is 0.223 e. The molecule has 4 nitrogen and oxygen atoms in total. The third-order valence-corrected chi connectivity index (χ3v) is 7.84. The Morgan fingerprint density at radius 3 is 1.71 bits per heavy atom. The number of rotatable bonds is 5. The highest BCUT2D eigenvalue weighted by Crippen LogP contribution is 2.33. The summed E-state index contributed by atoms with van der Waals surface area (Å²) < 4.78 is 27.9. The van der Waals surface area contributed by atoms with Crippen molar-refractivity contribution in [2.45, 2.75) is 88.5 Å². The van der Waals surface area contributed by atoms with Crippen LogP contribution in [0.25, 0.3) is 0 Å². The zero-order valence-electron chi connectivity index (χ0n) is 13.0. The minimum absolute atomic E-state index is 0.0895. The van der Waals surface area contributed by atoms with Crippen molar-refractivity contribution >= 4 is 27.2 Å². The fourth-order valence-electron chi connectivity index (χ4n) is 3.71. The van der Waals surface area contributed by atoms with Crippen LogP contribution in [0.4, 0.5) is 0 Å². The Labute approximate surface area is 134 Å². The van der Waals surface area contributed by atoms with E-state index in [1.165, 1.54) is 12.8 Å². The molecular weight excluding hydrogens is 304 g/mol. The first-order valence-corrected chi connectivity index (χ1v) is 10.2. The summed E-state index contributed by atoms with van der Waals surface area (Å²) in [6, 6.07) is 0.312. The van der Waals surface area contributed by atoms with Crippen LogP contribution in [0.15, 0.2) is 0 Å². The molecule has 0 aromatic rings. The Bertz CT molecular complexity index is 434. The first-order chi connectivity index (χ1) is 9.94. The predicted octanol–water partition coefficient (Wildman–Crippen LogP) is 2.96. The molecule has 0 amide bonds. The first kappa shape index (κ1) is 17.2. The fourth-order valence-corrected chi connectivity index (χ4v) is 5.99. The van der Waals surface area contributed by atoms with Gasteiger partial charge in [0.2, 0.25) is 10.0 Å². The third kappa shape index (κ3) is 3.96. The Morgan fingerprint density at radius 2 is 1.38 bits per heavy atom. The highest BCUT2D eigenvalue weighted by atomic mass is 32.2. The highest BCUT2D eigenvalue weighted by Gasteiger charge is 2.40. The second-order valence-electron chi connectivity index (χ2n) is 6.50. The Hall–Kier alpha value is -0.200. The first-order valence-electron chi connectivity index (χ1n) is 8.26. The molecule has 0 radical (unpaired) electrons. The number of sulfonamides is 1. The van der Waals surface area contributed by atoms with Crippen LogP contribution in [0.3, 0.4) is 0 Å². The molecule has 0 aliphatic heterocycles. The normalized spacial score (nSPS) is 24.1. The van der Waals surface area contributed by atoms with E-state index in [0.717, 1.165) is 51.4 Å². The topological polar surface area (TPSA) is 63.4 Å². The van der Waals surface area contributed by atoms with Gasteiger partial charge in [-0.25, -0.2) is 8.42 Å². The molecule has 0 heterocycles. The quantitative estimate of drug-likeness (QED) is 0.786. The van der Waals surface area contributed by atoms with Crippen LogP contribution in [0.2, 0.25) is 0 Å². The summed E-state index contributed by atoms with van der Waals surface area (Å²) in [7, 11) is -3.43. The number of hydrogen-bond acceptors (Lipinski definition) is 3. The molecule has 2 saturated carbocycles. The molecule has 0 bridgehead atoms. The van der Waals surface area contributed by atoms with Gasteiger partial charge in [0, 0.05) is 12.1 Å². The lowest BCUT2D eigenvalue weighted by Gasteiger charge is -2.41. The molecule has 2 rings (SSSR count). The summed E-state index contributed by atoms with van der Waals surface area (Å²) in [5.74, 6) is 0. The summed E-state index contributed by atoms with van der Waals surface area (Å²) in [6.45, 7) is 1.64. The van der Waals surface area contributed by atoms with Gasteiger partial charge in [-0.3, -0.25) is 0 Å². The Balaban J connectivity index is 2.27. The van der Waals surface area contributed by atoms with Crippen LogP contribution in [0.5, 0.6) is 0 Å². The number of hydrogen-bond donors (Lipinski definition) is 1. The molecule has 2 fully saturated rings. The van der Waals surface area contributed by atoms with Gasteiger partial charge < -0.3 is 5.73 Å². The SMILES string of the molecule is CC(C(N)=S)S(=O)(=O)N(C1CCCCC1)C1CCCCC1. The van der Waals surface area contributed by atoms with Crippen molar-refractivity contribution in [1.29, 1.82) is 0 Å². The second-order valence-corrected chi connectivity index (χ2v) is 9.13. The van der Waals surface area contributed by atoms with Crippen molar-refractivity contribution in [3.05, 3.63) is 0 Å². The van der Waals surface area contributed by atoms with Crippen molar-refractivity contribution in [1.82, 2.24) is 4.31 Å². The maximum Gasteiger partial charge on any atom is 0.223 e. The van der Waals surface area contributed by atoms with E-state index in [0.29, 0.717) is 0 Å². The van der Waals surface area contributed by atoms with Crippen LogP contribution in [0.1, 0.15) is 71.1 Å². The molecule has 21 heavy (non-hydrogen) atoms. The van der Waals surface area contributed by atoms with Gasteiger partial charge in [-0.15, -0.1) is 0 Å². The molecule has 1 atom stereocenters. The van der Waals surface area contributed by atoms with E-state index in [4.69, 9.17) is 18.0 Å². The zero-order valence-corrected chi connectivity index (χ0v) is 14.6. The number of thiocarbonyl (C=S) groups is 1. The standard InChI is InChI=1S/C15H28N2O2S2/c1-12(15(16)20)21(18,19)17(13-8-4-2-5-9-13)14-10-6-3-7-11-14/h12-14H,2-11H2,1H3,(H2,16,20). The van der Waals surface area contributed by atoms with E-state index < -0.39 is 15.3 Å². The predicted molar refractivity (Wildman–Crippen MR) is 90.8 cm³/mol. The maximum absolute atomic E-state index is 13.0. The van der Waals surface area contributed by atoms with Crippen LogP contribution < -0.4 is 5.73 Å². The van der Waals surface area contributed by atoms with Gasteiger partial charge in [0.25, 0.3) is 0 Å². The van der Waals surface area contributed by atoms with Gasteiger partial charge in [0.05, 0.1) is 4.99 Å². The molecule has 0 aromatic carbocycles. The summed E-state index contributed by atoms with van der Waals surface area (Å²) >= 11 is 4.96.